The van der Waals surface area contributed by atoms with Gasteiger partial charge in [0.15, 0.2) is 0 Å². The van der Waals surface area contributed by atoms with Crippen LogP contribution in [0.4, 0.5) is 23.7 Å². The van der Waals surface area contributed by atoms with E-state index >= 15 is 0 Å². The Hall–Kier alpha value is -2.41. The highest BCUT2D eigenvalue weighted by Crippen LogP contribution is 2.50. The van der Waals surface area contributed by atoms with Crippen molar-refractivity contribution in [3.8, 4) is 11.1 Å². The number of amides is 1. The molecular formula is C27H30ClF3N2O2. The van der Waals surface area contributed by atoms with Crippen LogP contribution in [0, 0.1) is 0 Å². The molecule has 5 rings (SSSR count). The van der Waals surface area contributed by atoms with Crippen molar-refractivity contribution in [1.82, 2.24) is 4.90 Å². The summed E-state index contributed by atoms with van der Waals surface area (Å²) in [6.07, 6.45) is -0.817. The number of fused-ring (bicyclic) bond motifs is 3. The lowest BCUT2D eigenvalue weighted by Crippen LogP contribution is -2.49. The van der Waals surface area contributed by atoms with E-state index in [2.05, 4.69) is 17.0 Å². The predicted molar refractivity (Wildman–Crippen MR) is 131 cm³/mol. The van der Waals surface area contributed by atoms with Crippen LogP contribution in [0.25, 0.3) is 11.1 Å². The zero-order valence-electron chi connectivity index (χ0n) is 20.2. The van der Waals surface area contributed by atoms with Crippen molar-refractivity contribution in [3.63, 3.8) is 0 Å². The van der Waals surface area contributed by atoms with Crippen LogP contribution in [0.3, 0.4) is 0 Å². The molecule has 188 valence electrons. The number of ether oxygens (including phenoxy) is 1. The minimum atomic E-state index is -4.44. The molecule has 0 aliphatic carbocycles. The SMILES string of the molecule is CC(C)(C)OC(=O)N1CC[C@H]2[C@@H](C1)c1cc(-c3ccc(C(F)(F)F)cc3Cl)cc3c1N2CCCC3. The molecule has 2 atom stereocenters. The maximum Gasteiger partial charge on any atom is 0.416 e. The van der Waals surface area contributed by atoms with Crippen LogP contribution >= 0.6 is 11.6 Å². The molecule has 1 fully saturated rings. The molecule has 4 nitrogen and oxygen atoms in total. The first-order valence-electron chi connectivity index (χ1n) is 12.2. The summed E-state index contributed by atoms with van der Waals surface area (Å²) in [5.41, 5.74) is 3.73. The summed E-state index contributed by atoms with van der Waals surface area (Å²) >= 11 is 6.38. The van der Waals surface area contributed by atoms with Gasteiger partial charge in [-0.25, -0.2) is 4.79 Å². The van der Waals surface area contributed by atoms with E-state index in [1.807, 2.05) is 20.8 Å². The van der Waals surface area contributed by atoms with Crippen LogP contribution in [0.2, 0.25) is 5.02 Å². The zero-order chi connectivity index (χ0) is 25.1. The first kappa shape index (κ1) is 24.3. The number of nitrogens with zero attached hydrogens (tertiary/aromatic N) is 2. The summed E-state index contributed by atoms with van der Waals surface area (Å²) < 4.78 is 45.2. The Morgan fingerprint density at radius 1 is 1.09 bits per heavy atom. The Morgan fingerprint density at radius 2 is 1.86 bits per heavy atom. The smallest absolute Gasteiger partial charge is 0.416 e. The van der Waals surface area contributed by atoms with Gasteiger partial charge in [0, 0.05) is 47.9 Å². The predicted octanol–water partition coefficient (Wildman–Crippen LogP) is 7.28. The molecule has 2 aromatic rings. The van der Waals surface area contributed by atoms with E-state index in [4.69, 9.17) is 16.3 Å². The van der Waals surface area contributed by atoms with E-state index in [0.717, 1.165) is 55.5 Å². The molecule has 8 heteroatoms. The van der Waals surface area contributed by atoms with Crippen LogP contribution in [0.15, 0.2) is 30.3 Å². The van der Waals surface area contributed by atoms with E-state index < -0.39 is 17.3 Å². The van der Waals surface area contributed by atoms with Gasteiger partial charge in [0.05, 0.1) is 5.56 Å². The van der Waals surface area contributed by atoms with Gasteiger partial charge in [0.2, 0.25) is 0 Å². The van der Waals surface area contributed by atoms with Crippen LogP contribution in [0.5, 0.6) is 0 Å². The normalized spacial score (nSPS) is 21.9. The molecule has 1 saturated heterocycles. The van der Waals surface area contributed by atoms with Crippen molar-refractivity contribution in [2.45, 2.75) is 70.2 Å². The average molecular weight is 507 g/mol. The van der Waals surface area contributed by atoms with E-state index in [1.54, 1.807) is 4.90 Å². The maximum absolute atomic E-state index is 13.2. The van der Waals surface area contributed by atoms with E-state index in [0.29, 0.717) is 24.7 Å². The number of carbonyl (C=O) groups is 1. The minimum Gasteiger partial charge on any atom is -0.444 e. The lowest BCUT2D eigenvalue weighted by Gasteiger charge is -2.39. The third-order valence-corrected chi connectivity index (χ3v) is 7.55. The maximum atomic E-state index is 13.2. The van der Waals surface area contributed by atoms with Crippen LogP contribution in [-0.2, 0) is 17.3 Å². The standard InChI is InChI=1S/C27H30ClF3N2O2/c1-26(2,3)35-25(34)32-11-9-23-21(15-32)20-13-17(12-16-6-4-5-10-33(23)24(16)20)19-8-7-18(14-22(19)28)27(29,30)31/h7-8,12-14,21,23H,4-6,9-11,15H2,1-3H3/t21-,23-/m0/s1. The summed E-state index contributed by atoms with van der Waals surface area (Å²) in [5.74, 6) is 0.122. The van der Waals surface area contributed by atoms with Gasteiger partial charge in [0.25, 0.3) is 0 Å². The summed E-state index contributed by atoms with van der Waals surface area (Å²) in [7, 11) is 0. The van der Waals surface area contributed by atoms with Gasteiger partial charge >= 0.3 is 12.3 Å². The average Bonchev–Trinajstić information content (AvgIpc) is 2.92. The van der Waals surface area contributed by atoms with E-state index in [-0.39, 0.29) is 17.0 Å². The molecule has 3 aliphatic heterocycles. The number of halogens is 4. The second kappa shape index (κ2) is 8.61. The Bertz CT molecular complexity index is 1160. The first-order valence-corrected chi connectivity index (χ1v) is 12.6. The quantitative estimate of drug-likeness (QED) is 0.407. The number of piperidine rings is 1. The third kappa shape index (κ3) is 4.59. The van der Waals surface area contributed by atoms with Crippen LogP contribution in [0.1, 0.15) is 62.6 Å². The highest BCUT2D eigenvalue weighted by molar-refractivity contribution is 6.33. The fourth-order valence-electron chi connectivity index (χ4n) is 5.78. The van der Waals surface area contributed by atoms with E-state index in [1.165, 1.54) is 17.3 Å². The van der Waals surface area contributed by atoms with Crippen LogP contribution in [-0.4, -0.2) is 42.3 Å². The number of likely N-dealkylation sites (tertiary alicyclic amines) is 1. The molecule has 3 aliphatic rings. The topological polar surface area (TPSA) is 32.8 Å². The monoisotopic (exact) mass is 506 g/mol. The van der Waals surface area contributed by atoms with Crippen molar-refractivity contribution in [3.05, 3.63) is 52.0 Å². The summed E-state index contributed by atoms with van der Waals surface area (Å²) in [6, 6.07) is 8.03. The van der Waals surface area contributed by atoms with Gasteiger partial charge in [-0.05, 0) is 87.4 Å². The molecule has 0 spiro atoms. The lowest BCUT2D eigenvalue weighted by molar-refractivity contribution is -0.137. The molecule has 0 N–H and O–H groups in total. The van der Waals surface area contributed by atoms with Crippen molar-refractivity contribution >= 4 is 23.4 Å². The fraction of sp³-hybridized carbons (Fsp3) is 0.519. The van der Waals surface area contributed by atoms with Crippen molar-refractivity contribution < 1.29 is 22.7 Å². The second-order valence-electron chi connectivity index (χ2n) is 10.8. The first-order chi connectivity index (χ1) is 16.4. The molecule has 2 aromatic carbocycles. The molecular weight excluding hydrogens is 477 g/mol. The van der Waals surface area contributed by atoms with Gasteiger partial charge in [-0.1, -0.05) is 17.7 Å². The summed E-state index contributed by atoms with van der Waals surface area (Å²) in [4.78, 5) is 17.1. The molecule has 0 bridgehead atoms. The Kier molecular flexibility index (Phi) is 5.98. The number of carbonyl (C=O) groups excluding carboxylic acids is 1. The highest BCUT2D eigenvalue weighted by atomic mass is 35.5. The minimum absolute atomic E-state index is 0.0889. The molecule has 0 unspecified atom stereocenters. The molecule has 0 saturated carbocycles. The number of alkyl halides is 3. The fourth-order valence-corrected chi connectivity index (χ4v) is 6.06. The number of hydrogen-bond acceptors (Lipinski definition) is 3. The number of benzene rings is 2. The lowest BCUT2D eigenvalue weighted by atomic mass is 9.86. The second-order valence-corrected chi connectivity index (χ2v) is 11.2. The van der Waals surface area contributed by atoms with E-state index in [9.17, 15) is 18.0 Å². The van der Waals surface area contributed by atoms with Crippen molar-refractivity contribution in [1.29, 1.82) is 0 Å². The number of hydrogen-bond donors (Lipinski definition) is 0. The van der Waals surface area contributed by atoms with Crippen molar-refractivity contribution in [2.75, 3.05) is 24.5 Å². The molecule has 1 amide bonds. The summed E-state index contributed by atoms with van der Waals surface area (Å²) in [6.45, 7) is 7.78. The van der Waals surface area contributed by atoms with Crippen LogP contribution < -0.4 is 4.90 Å². The Balaban J connectivity index is 1.54. The molecule has 3 heterocycles. The van der Waals surface area contributed by atoms with Crippen molar-refractivity contribution in [2.24, 2.45) is 0 Å². The highest BCUT2D eigenvalue weighted by Gasteiger charge is 2.45. The van der Waals surface area contributed by atoms with Gasteiger partial charge < -0.3 is 14.5 Å². The number of rotatable bonds is 1. The van der Waals surface area contributed by atoms with Gasteiger partial charge in [-0.3, -0.25) is 0 Å². The summed E-state index contributed by atoms with van der Waals surface area (Å²) in [5, 5.41) is 0.0889. The largest absolute Gasteiger partial charge is 0.444 e. The van der Waals surface area contributed by atoms with Gasteiger partial charge in [0.1, 0.15) is 5.60 Å². The van der Waals surface area contributed by atoms with Gasteiger partial charge in [-0.2, -0.15) is 13.2 Å². The third-order valence-electron chi connectivity index (χ3n) is 7.24. The number of aryl methyl sites for hydroxylation is 1. The molecule has 0 aromatic heterocycles. The Labute approximate surface area is 209 Å². The molecule has 0 radical (unpaired) electrons. The molecule has 35 heavy (non-hydrogen) atoms. The number of anilines is 1. The zero-order valence-corrected chi connectivity index (χ0v) is 21.0. The van der Waals surface area contributed by atoms with Gasteiger partial charge in [-0.15, -0.1) is 0 Å². The Morgan fingerprint density at radius 3 is 2.54 bits per heavy atom.